The lowest BCUT2D eigenvalue weighted by atomic mass is 9.80. The fourth-order valence-corrected chi connectivity index (χ4v) is 3.50. The number of aliphatic hydroxyl groups is 2. The monoisotopic (exact) mass is 400 g/mol. The molecule has 29 heavy (non-hydrogen) atoms. The van der Waals surface area contributed by atoms with E-state index < -0.39 is 6.10 Å². The second kappa shape index (κ2) is 10.4. The summed E-state index contributed by atoms with van der Waals surface area (Å²) in [7, 11) is 0. The molecule has 3 N–H and O–H groups in total. The zero-order valence-electron chi connectivity index (χ0n) is 17.5. The van der Waals surface area contributed by atoms with Crippen molar-refractivity contribution in [3.63, 3.8) is 0 Å². The molecule has 0 spiro atoms. The second-order valence-corrected chi connectivity index (χ2v) is 8.24. The largest absolute Gasteiger partial charge is 0.508 e. The van der Waals surface area contributed by atoms with E-state index in [4.69, 9.17) is 4.74 Å². The third-order valence-electron chi connectivity index (χ3n) is 5.08. The van der Waals surface area contributed by atoms with Crippen molar-refractivity contribution in [2.24, 2.45) is 5.41 Å². The summed E-state index contributed by atoms with van der Waals surface area (Å²) >= 11 is 0. The Bertz CT molecular complexity index is 813. The number of phenols is 1. The fraction of sp³-hybridized carbons (Fsp3) is 0.458. The first-order valence-corrected chi connectivity index (χ1v) is 10.1. The standard InChI is InChI=1S/C24H32O5/c1-4-29-23(28)13-17-6-5-7-18(12-17)15-24(2,3)11-10-22(27)19-8-9-21(26)20(14-19)16-25/h5-9,12,14,22,25-27H,4,10-11,13,15-16H2,1-3H3/t22-/m0/s1. The Morgan fingerprint density at radius 3 is 2.55 bits per heavy atom. The van der Waals surface area contributed by atoms with Crippen LogP contribution in [0.2, 0.25) is 0 Å². The van der Waals surface area contributed by atoms with E-state index in [0.29, 0.717) is 24.2 Å². The molecular formula is C24H32O5. The van der Waals surface area contributed by atoms with Crippen LogP contribution < -0.4 is 0 Å². The van der Waals surface area contributed by atoms with Gasteiger partial charge in [0.15, 0.2) is 0 Å². The molecule has 0 saturated heterocycles. The van der Waals surface area contributed by atoms with Crippen LogP contribution in [0.15, 0.2) is 42.5 Å². The normalized spacial score (nSPS) is 12.6. The summed E-state index contributed by atoms with van der Waals surface area (Å²) in [5.41, 5.74) is 3.16. The van der Waals surface area contributed by atoms with E-state index >= 15 is 0 Å². The lowest BCUT2D eigenvalue weighted by Gasteiger charge is -2.26. The minimum absolute atomic E-state index is 0.0338. The molecule has 0 amide bonds. The van der Waals surface area contributed by atoms with Gasteiger partial charge in [-0.05, 0) is 60.4 Å². The number of hydrogen-bond donors (Lipinski definition) is 3. The van der Waals surface area contributed by atoms with Gasteiger partial charge in [0.1, 0.15) is 5.75 Å². The van der Waals surface area contributed by atoms with Gasteiger partial charge in [-0.15, -0.1) is 0 Å². The summed E-state index contributed by atoms with van der Waals surface area (Å²) in [4.78, 5) is 11.7. The summed E-state index contributed by atoms with van der Waals surface area (Å²) in [6, 6.07) is 12.8. The number of esters is 1. The average molecular weight is 401 g/mol. The summed E-state index contributed by atoms with van der Waals surface area (Å²) in [5.74, 6) is -0.186. The summed E-state index contributed by atoms with van der Waals surface area (Å²) < 4.78 is 5.02. The Morgan fingerprint density at radius 1 is 1.14 bits per heavy atom. The molecule has 0 heterocycles. The Morgan fingerprint density at radius 2 is 1.86 bits per heavy atom. The van der Waals surface area contributed by atoms with Crippen LogP contribution in [0.5, 0.6) is 5.75 Å². The van der Waals surface area contributed by atoms with E-state index in [1.165, 1.54) is 6.07 Å². The molecule has 158 valence electrons. The van der Waals surface area contributed by atoms with Gasteiger partial charge in [-0.2, -0.15) is 0 Å². The third-order valence-corrected chi connectivity index (χ3v) is 5.08. The maximum absolute atomic E-state index is 11.7. The smallest absolute Gasteiger partial charge is 0.310 e. The van der Waals surface area contributed by atoms with Crippen LogP contribution in [-0.2, 0) is 29.0 Å². The number of benzene rings is 2. The van der Waals surface area contributed by atoms with Crippen molar-refractivity contribution in [2.75, 3.05) is 6.61 Å². The van der Waals surface area contributed by atoms with Crippen molar-refractivity contribution < 1.29 is 24.9 Å². The second-order valence-electron chi connectivity index (χ2n) is 8.24. The molecule has 2 aromatic rings. The van der Waals surface area contributed by atoms with Crippen molar-refractivity contribution in [3.05, 3.63) is 64.7 Å². The lowest BCUT2D eigenvalue weighted by Crippen LogP contribution is -2.17. The zero-order chi connectivity index (χ0) is 21.4. The summed E-state index contributed by atoms with van der Waals surface area (Å²) in [6.07, 6.45) is 1.81. The topological polar surface area (TPSA) is 87.0 Å². The van der Waals surface area contributed by atoms with Crippen LogP contribution in [0.25, 0.3) is 0 Å². The molecule has 0 aromatic heterocycles. The van der Waals surface area contributed by atoms with Crippen molar-refractivity contribution >= 4 is 5.97 Å². The molecule has 0 aliphatic carbocycles. The molecular weight excluding hydrogens is 368 g/mol. The van der Waals surface area contributed by atoms with Crippen LogP contribution in [0, 0.1) is 5.41 Å². The number of aliphatic hydroxyl groups excluding tert-OH is 2. The maximum Gasteiger partial charge on any atom is 0.310 e. The van der Waals surface area contributed by atoms with Gasteiger partial charge in [-0.1, -0.05) is 44.2 Å². The molecule has 2 aromatic carbocycles. The summed E-state index contributed by atoms with van der Waals surface area (Å²) in [5, 5.41) is 29.5. The van der Waals surface area contributed by atoms with Crippen LogP contribution in [0.4, 0.5) is 0 Å². The molecule has 0 aliphatic rings. The highest BCUT2D eigenvalue weighted by molar-refractivity contribution is 5.72. The molecule has 0 fully saturated rings. The third kappa shape index (κ3) is 7.18. The Kier molecular flexibility index (Phi) is 8.23. The van der Waals surface area contributed by atoms with Crippen LogP contribution in [0.1, 0.15) is 62.0 Å². The molecule has 5 nitrogen and oxygen atoms in total. The van der Waals surface area contributed by atoms with Crippen LogP contribution in [0.3, 0.4) is 0 Å². The predicted octanol–water partition coefficient (Wildman–Crippen LogP) is 4.07. The molecule has 0 radical (unpaired) electrons. The number of carbonyl (C=O) groups is 1. The Balaban J connectivity index is 1.96. The minimum Gasteiger partial charge on any atom is -0.508 e. The van der Waals surface area contributed by atoms with E-state index in [2.05, 4.69) is 19.9 Å². The first-order valence-electron chi connectivity index (χ1n) is 10.1. The molecule has 0 bridgehead atoms. The SMILES string of the molecule is CCOC(=O)Cc1cccc(CC(C)(C)CC[C@H](O)c2ccc(O)c(CO)c2)c1. The number of hydrogen-bond acceptors (Lipinski definition) is 5. The van der Waals surface area contributed by atoms with Crippen LogP contribution >= 0.6 is 0 Å². The quantitative estimate of drug-likeness (QED) is 0.523. The van der Waals surface area contributed by atoms with E-state index in [1.807, 2.05) is 18.2 Å². The van der Waals surface area contributed by atoms with Crippen molar-refractivity contribution in [1.82, 2.24) is 0 Å². The van der Waals surface area contributed by atoms with Crippen molar-refractivity contribution in [3.8, 4) is 5.75 Å². The van der Waals surface area contributed by atoms with Gasteiger partial charge in [-0.25, -0.2) is 0 Å². The van der Waals surface area contributed by atoms with E-state index in [0.717, 1.165) is 24.0 Å². The maximum atomic E-state index is 11.7. The van der Waals surface area contributed by atoms with Gasteiger partial charge in [0.05, 0.1) is 25.7 Å². The highest BCUT2D eigenvalue weighted by Gasteiger charge is 2.21. The molecule has 5 heteroatoms. The first-order chi connectivity index (χ1) is 13.7. The molecule has 2 rings (SSSR count). The van der Waals surface area contributed by atoms with Crippen molar-refractivity contribution in [1.29, 1.82) is 0 Å². The number of ether oxygens (including phenoxy) is 1. The van der Waals surface area contributed by atoms with Gasteiger partial charge < -0.3 is 20.1 Å². The number of rotatable bonds is 10. The van der Waals surface area contributed by atoms with Crippen molar-refractivity contribution in [2.45, 2.75) is 59.2 Å². The number of carbonyl (C=O) groups excluding carboxylic acids is 1. The predicted molar refractivity (Wildman–Crippen MR) is 112 cm³/mol. The van der Waals surface area contributed by atoms with Gasteiger partial charge in [-0.3, -0.25) is 4.79 Å². The van der Waals surface area contributed by atoms with Crippen LogP contribution in [-0.4, -0.2) is 27.9 Å². The molecule has 0 unspecified atom stereocenters. The highest BCUT2D eigenvalue weighted by atomic mass is 16.5. The van der Waals surface area contributed by atoms with Gasteiger partial charge in [0, 0.05) is 5.56 Å². The fourth-order valence-electron chi connectivity index (χ4n) is 3.50. The molecule has 1 atom stereocenters. The zero-order valence-corrected chi connectivity index (χ0v) is 17.5. The molecule has 0 saturated carbocycles. The first kappa shape index (κ1) is 22.9. The minimum atomic E-state index is -0.657. The molecule has 0 aliphatic heterocycles. The average Bonchev–Trinajstić information content (AvgIpc) is 2.66. The lowest BCUT2D eigenvalue weighted by molar-refractivity contribution is -0.142. The highest BCUT2D eigenvalue weighted by Crippen LogP contribution is 2.32. The summed E-state index contributed by atoms with van der Waals surface area (Å²) in [6.45, 7) is 6.24. The van der Waals surface area contributed by atoms with Gasteiger partial charge in [0.2, 0.25) is 0 Å². The Labute approximate surface area is 173 Å². The van der Waals surface area contributed by atoms with E-state index in [1.54, 1.807) is 19.1 Å². The van der Waals surface area contributed by atoms with E-state index in [-0.39, 0.29) is 30.2 Å². The Hall–Kier alpha value is -2.37. The van der Waals surface area contributed by atoms with E-state index in [9.17, 15) is 20.1 Å². The van der Waals surface area contributed by atoms with Gasteiger partial charge >= 0.3 is 5.97 Å². The number of aromatic hydroxyl groups is 1. The van der Waals surface area contributed by atoms with Gasteiger partial charge in [0.25, 0.3) is 0 Å².